The number of aromatic nitrogens is 2. The summed E-state index contributed by atoms with van der Waals surface area (Å²) in [6.07, 6.45) is 0. The highest BCUT2D eigenvalue weighted by molar-refractivity contribution is 7.99. The number of amides is 1. The quantitative estimate of drug-likeness (QED) is 0.354. The second-order valence-corrected chi connectivity index (χ2v) is 7.89. The number of halogens is 1. The van der Waals surface area contributed by atoms with Crippen molar-refractivity contribution in [3.63, 3.8) is 0 Å². The van der Waals surface area contributed by atoms with E-state index in [1.165, 1.54) is 17.8 Å². The summed E-state index contributed by atoms with van der Waals surface area (Å²) in [5.41, 5.74) is 1.83. The number of fused-ring (bicyclic) bond motifs is 1. The first-order valence-corrected chi connectivity index (χ1v) is 10.8. The summed E-state index contributed by atoms with van der Waals surface area (Å²) >= 11 is 1.19. The molecule has 1 amide bonds. The van der Waals surface area contributed by atoms with Crippen LogP contribution < -0.4 is 10.9 Å². The molecule has 4 aromatic rings. The predicted octanol–water partition coefficient (Wildman–Crippen LogP) is 3.99. The fourth-order valence-electron chi connectivity index (χ4n) is 3.18. The average molecular weight is 434 g/mol. The van der Waals surface area contributed by atoms with E-state index in [0.29, 0.717) is 28.2 Å². The lowest BCUT2D eigenvalue weighted by Gasteiger charge is -2.13. The van der Waals surface area contributed by atoms with Gasteiger partial charge in [0, 0.05) is 12.1 Å². The van der Waals surface area contributed by atoms with Gasteiger partial charge in [0.1, 0.15) is 5.82 Å². The van der Waals surface area contributed by atoms with Crippen molar-refractivity contribution >= 4 is 28.6 Å². The highest BCUT2D eigenvalue weighted by Gasteiger charge is 2.14. The Morgan fingerprint density at radius 3 is 2.48 bits per heavy atom. The number of hydrogen-bond donors (Lipinski definition) is 1. The molecule has 5 nitrogen and oxygen atoms in total. The Hall–Kier alpha value is -3.45. The van der Waals surface area contributed by atoms with Crippen LogP contribution in [0.25, 0.3) is 10.9 Å². The molecule has 0 fully saturated rings. The Bertz CT molecular complexity index is 1270. The zero-order valence-electron chi connectivity index (χ0n) is 16.6. The van der Waals surface area contributed by atoms with Crippen molar-refractivity contribution in [3.05, 3.63) is 106 Å². The molecular weight excluding hydrogens is 413 g/mol. The second kappa shape index (κ2) is 9.57. The Kier molecular flexibility index (Phi) is 6.43. The van der Waals surface area contributed by atoms with Gasteiger partial charge in [0.25, 0.3) is 5.56 Å². The maximum atomic E-state index is 13.7. The number of thioether (sulfide) groups is 1. The second-order valence-electron chi connectivity index (χ2n) is 6.95. The lowest BCUT2D eigenvalue weighted by Crippen LogP contribution is -2.27. The van der Waals surface area contributed by atoms with E-state index in [4.69, 9.17) is 0 Å². The molecule has 0 unspecified atom stereocenters. The van der Waals surface area contributed by atoms with Gasteiger partial charge in [0.15, 0.2) is 5.16 Å². The summed E-state index contributed by atoms with van der Waals surface area (Å²) < 4.78 is 15.3. The number of benzene rings is 3. The van der Waals surface area contributed by atoms with Gasteiger partial charge in [-0.1, -0.05) is 72.4 Å². The van der Waals surface area contributed by atoms with Crippen LogP contribution in [0.1, 0.15) is 11.1 Å². The predicted molar refractivity (Wildman–Crippen MR) is 121 cm³/mol. The number of para-hydroxylation sites is 1. The minimum atomic E-state index is -0.358. The van der Waals surface area contributed by atoms with Crippen LogP contribution in [0, 0.1) is 5.82 Å². The number of hydrogen-bond acceptors (Lipinski definition) is 4. The number of carbonyl (C=O) groups excluding carboxylic acids is 1. The molecule has 0 spiro atoms. The van der Waals surface area contributed by atoms with Crippen molar-refractivity contribution in [2.75, 3.05) is 5.75 Å². The summed E-state index contributed by atoms with van der Waals surface area (Å²) in [7, 11) is 0. The summed E-state index contributed by atoms with van der Waals surface area (Å²) in [6.45, 7) is 0.463. The molecule has 0 aliphatic rings. The molecule has 0 saturated carbocycles. The summed E-state index contributed by atoms with van der Waals surface area (Å²) in [5.74, 6) is -0.557. The molecule has 0 aliphatic carbocycles. The van der Waals surface area contributed by atoms with Crippen molar-refractivity contribution in [2.24, 2.45) is 0 Å². The largest absolute Gasteiger partial charge is 0.351 e. The van der Waals surface area contributed by atoms with Gasteiger partial charge in [-0.2, -0.15) is 0 Å². The van der Waals surface area contributed by atoms with Gasteiger partial charge >= 0.3 is 0 Å². The van der Waals surface area contributed by atoms with Gasteiger partial charge in [0.2, 0.25) is 5.91 Å². The van der Waals surface area contributed by atoms with E-state index in [-0.39, 0.29) is 29.6 Å². The first-order valence-electron chi connectivity index (χ1n) is 9.78. The third-order valence-corrected chi connectivity index (χ3v) is 5.75. The highest BCUT2D eigenvalue weighted by Crippen LogP contribution is 2.19. The maximum Gasteiger partial charge on any atom is 0.262 e. The first kappa shape index (κ1) is 20.8. The molecular formula is C24H20FN3O2S. The topological polar surface area (TPSA) is 64.0 Å². The molecule has 0 atom stereocenters. The first-order chi connectivity index (χ1) is 15.1. The van der Waals surface area contributed by atoms with Crippen LogP contribution in [0.4, 0.5) is 4.39 Å². The van der Waals surface area contributed by atoms with E-state index >= 15 is 0 Å². The minimum Gasteiger partial charge on any atom is -0.351 e. The third-order valence-electron chi connectivity index (χ3n) is 4.78. The van der Waals surface area contributed by atoms with Crippen LogP contribution in [0.2, 0.25) is 0 Å². The van der Waals surface area contributed by atoms with E-state index in [1.807, 2.05) is 36.4 Å². The van der Waals surface area contributed by atoms with Crippen molar-refractivity contribution in [1.29, 1.82) is 0 Å². The number of carbonyl (C=O) groups is 1. The van der Waals surface area contributed by atoms with Crippen LogP contribution >= 0.6 is 11.8 Å². The summed E-state index contributed by atoms with van der Waals surface area (Å²) in [4.78, 5) is 30.1. The van der Waals surface area contributed by atoms with Crippen LogP contribution in [-0.2, 0) is 17.9 Å². The number of rotatable bonds is 7. The van der Waals surface area contributed by atoms with Gasteiger partial charge in [-0.15, -0.1) is 0 Å². The van der Waals surface area contributed by atoms with Crippen LogP contribution in [0.5, 0.6) is 0 Å². The Labute approximate surface area is 182 Å². The summed E-state index contributed by atoms with van der Waals surface area (Å²) in [5, 5.41) is 3.72. The highest BCUT2D eigenvalue weighted by atomic mass is 32.2. The molecule has 0 saturated heterocycles. The van der Waals surface area contributed by atoms with Crippen LogP contribution in [0.3, 0.4) is 0 Å². The Morgan fingerprint density at radius 1 is 0.968 bits per heavy atom. The van der Waals surface area contributed by atoms with Gasteiger partial charge in [-0.3, -0.25) is 14.2 Å². The lowest BCUT2D eigenvalue weighted by molar-refractivity contribution is -0.118. The fraction of sp³-hybridized carbons (Fsp3) is 0.125. The maximum absolute atomic E-state index is 13.7. The molecule has 0 aliphatic heterocycles. The Morgan fingerprint density at radius 2 is 1.68 bits per heavy atom. The van der Waals surface area contributed by atoms with E-state index in [2.05, 4.69) is 10.3 Å². The molecule has 31 heavy (non-hydrogen) atoms. The standard InChI is InChI=1S/C24H20FN3O2S/c25-20-12-6-4-10-18(20)14-26-22(29)16-31-24-27-21-13-7-5-11-19(21)23(30)28(24)15-17-8-2-1-3-9-17/h1-13H,14-16H2,(H,26,29). The molecule has 156 valence electrons. The monoisotopic (exact) mass is 433 g/mol. The van der Waals surface area contributed by atoms with Crippen molar-refractivity contribution < 1.29 is 9.18 Å². The molecule has 1 heterocycles. The van der Waals surface area contributed by atoms with E-state index in [1.54, 1.807) is 41.0 Å². The van der Waals surface area contributed by atoms with E-state index in [0.717, 1.165) is 5.56 Å². The van der Waals surface area contributed by atoms with Crippen LogP contribution in [-0.4, -0.2) is 21.2 Å². The SMILES string of the molecule is O=C(CSc1nc2ccccc2c(=O)n1Cc1ccccc1)NCc1ccccc1F. The molecule has 7 heteroatoms. The number of nitrogens with zero attached hydrogens (tertiary/aromatic N) is 2. The van der Waals surface area contributed by atoms with Crippen molar-refractivity contribution in [3.8, 4) is 0 Å². The molecule has 0 bridgehead atoms. The van der Waals surface area contributed by atoms with Gasteiger partial charge in [0.05, 0.1) is 23.2 Å². The minimum absolute atomic E-state index is 0.0635. The smallest absolute Gasteiger partial charge is 0.262 e. The Balaban J connectivity index is 1.54. The van der Waals surface area contributed by atoms with Gasteiger partial charge in [-0.25, -0.2) is 9.37 Å². The molecule has 3 aromatic carbocycles. The molecule has 4 rings (SSSR count). The molecule has 1 aromatic heterocycles. The molecule has 0 radical (unpaired) electrons. The zero-order chi connectivity index (χ0) is 21.6. The third kappa shape index (κ3) is 5.00. The van der Waals surface area contributed by atoms with Crippen molar-refractivity contribution in [1.82, 2.24) is 14.9 Å². The fourth-order valence-corrected chi connectivity index (χ4v) is 4.01. The number of nitrogens with one attached hydrogen (secondary N) is 1. The van der Waals surface area contributed by atoms with Crippen molar-refractivity contribution in [2.45, 2.75) is 18.2 Å². The van der Waals surface area contributed by atoms with Gasteiger partial charge in [-0.05, 0) is 23.8 Å². The van der Waals surface area contributed by atoms with E-state index < -0.39 is 0 Å². The zero-order valence-corrected chi connectivity index (χ0v) is 17.4. The van der Waals surface area contributed by atoms with Gasteiger partial charge < -0.3 is 5.32 Å². The lowest BCUT2D eigenvalue weighted by atomic mass is 10.2. The summed E-state index contributed by atoms with van der Waals surface area (Å²) in [6, 6.07) is 23.1. The average Bonchev–Trinajstić information content (AvgIpc) is 2.80. The van der Waals surface area contributed by atoms with Crippen LogP contribution in [0.15, 0.2) is 88.8 Å². The van der Waals surface area contributed by atoms with E-state index in [9.17, 15) is 14.0 Å². The normalized spacial score (nSPS) is 10.9. The molecule has 1 N–H and O–H groups in total.